The molecule has 0 aromatic heterocycles. The summed E-state index contributed by atoms with van der Waals surface area (Å²) >= 11 is 0. The van der Waals surface area contributed by atoms with Crippen LogP contribution in [0.4, 0.5) is 0 Å². The lowest BCUT2D eigenvalue weighted by Crippen LogP contribution is -2.33. The van der Waals surface area contributed by atoms with E-state index < -0.39 is 0 Å². The molecule has 0 fully saturated rings. The highest BCUT2D eigenvalue weighted by molar-refractivity contribution is 5.94. The fourth-order valence-corrected chi connectivity index (χ4v) is 2.04. The Labute approximate surface area is 106 Å². The lowest BCUT2D eigenvalue weighted by atomic mass is 10.1. The zero-order valence-electron chi connectivity index (χ0n) is 10.3. The van der Waals surface area contributed by atoms with Crippen LogP contribution in [0.2, 0.25) is 0 Å². The van der Waals surface area contributed by atoms with Gasteiger partial charge < -0.3 is 14.7 Å². The van der Waals surface area contributed by atoms with E-state index in [0.717, 1.165) is 11.1 Å². The van der Waals surface area contributed by atoms with Crippen LogP contribution in [0.25, 0.3) is 0 Å². The molecule has 0 saturated carbocycles. The molecule has 2 rings (SSSR count). The van der Waals surface area contributed by atoms with Crippen LogP contribution in [-0.4, -0.2) is 35.6 Å². The van der Waals surface area contributed by atoms with Gasteiger partial charge in [0.05, 0.1) is 19.8 Å². The van der Waals surface area contributed by atoms with Crippen LogP contribution in [0, 0.1) is 0 Å². The third kappa shape index (κ3) is 2.60. The largest absolute Gasteiger partial charge is 0.395 e. The van der Waals surface area contributed by atoms with Crippen molar-refractivity contribution in [3.05, 3.63) is 47.5 Å². The molecule has 4 nitrogen and oxygen atoms in total. The first-order chi connectivity index (χ1) is 8.76. The SMILES string of the molecule is C=CCN(CCO)C(=O)c1ccc2c(c1)COC2. The Morgan fingerprint density at radius 1 is 1.44 bits per heavy atom. The first-order valence-corrected chi connectivity index (χ1v) is 5.97. The third-order valence-corrected chi connectivity index (χ3v) is 2.97. The molecule has 1 aromatic carbocycles. The van der Waals surface area contributed by atoms with E-state index in [1.807, 2.05) is 18.2 Å². The van der Waals surface area contributed by atoms with Crippen molar-refractivity contribution in [3.63, 3.8) is 0 Å². The van der Waals surface area contributed by atoms with E-state index in [0.29, 0.717) is 31.9 Å². The van der Waals surface area contributed by atoms with Crippen LogP contribution in [0.5, 0.6) is 0 Å². The number of ether oxygens (including phenoxy) is 1. The van der Waals surface area contributed by atoms with Crippen molar-refractivity contribution in [2.45, 2.75) is 13.2 Å². The summed E-state index contributed by atoms with van der Waals surface area (Å²) in [6.07, 6.45) is 1.66. The molecule has 4 heteroatoms. The van der Waals surface area contributed by atoms with Crippen LogP contribution in [0.3, 0.4) is 0 Å². The van der Waals surface area contributed by atoms with Gasteiger partial charge in [0.1, 0.15) is 0 Å². The summed E-state index contributed by atoms with van der Waals surface area (Å²) in [4.78, 5) is 13.8. The summed E-state index contributed by atoms with van der Waals surface area (Å²) in [7, 11) is 0. The second-order valence-electron chi connectivity index (χ2n) is 4.24. The first kappa shape index (κ1) is 12.8. The monoisotopic (exact) mass is 247 g/mol. The van der Waals surface area contributed by atoms with Gasteiger partial charge in [0, 0.05) is 18.7 Å². The minimum absolute atomic E-state index is 0.0480. The summed E-state index contributed by atoms with van der Waals surface area (Å²) in [5.74, 6) is -0.0846. The molecule has 1 amide bonds. The Hall–Kier alpha value is -1.65. The molecule has 1 heterocycles. The van der Waals surface area contributed by atoms with Crippen molar-refractivity contribution in [1.29, 1.82) is 0 Å². The average molecular weight is 247 g/mol. The summed E-state index contributed by atoms with van der Waals surface area (Å²) in [5.41, 5.74) is 2.85. The average Bonchev–Trinajstić information content (AvgIpc) is 2.84. The van der Waals surface area contributed by atoms with Crippen molar-refractivity contribution in [2.24, 2.45) is 0 Å². The van der Waals surface area contributed by atoms with Gasteiger partial charge in [-0.3, -0.25) is 4.79 Å². The Morgan fingerprint density at radius 2 is 2.22 bits per heavy atom. The van der Waals surface area contributed by atoms with Gasteiger partial charge in [-0.15, -0.1) is 6.58 Å². The fourth-order valence-electron chi connectivity index (χ4n) is 2.04. The second kappa shape index (κ2) is 5.80. The number of amides is 1. The number of benzene rings is 1. The number of aliphatic hydroxyl groups excluding tert-OH is 1. The molecule has 1 aliphatic heterocycles. The van der Waals surface area contributed by atoms with Crippen LogP contribution >= 0.6 is 0 Å². The van der Waals surface area contributed by atoms with Crippen LogP contribution in [0.15, 0.2) is 30.9 Å². The number of hydrogen-bond donors (Lipinski definition) is 1. The maximum absolute atomic E-state index is 12.3. The lowest BCUT2D eigenvalue weighted by Gasteiger charge is -2.20. The molecule has 1 aliphatic rings. The molecular formula is C14H17NO3. The number of carbonyl (C=O) groups excluding carboxylic acids is 1. The van der Waals surface area contributed by atoms with E-state index >= 15 is 0 Å². The van der Waals surface area contributed by atoms with E-state index in [1.54, 1.807) is 11.0 Å². The van der Waals surface area contributed by atoms with Crippen LogP contribution in [0.1, 0.15) is 21.5 Å². The van der Waals surface area contributed by atoms with E-state index in [2.05, 4.69) is 6.58 Å². The molecule has 0 spiro atoms. The van der Waals surface area contributed by atoms with Crippen molar-refractivity contribution in [1.82, 2.24) is 4.90 Å². The van der Waals surface area contributed by atoms with E-state index in [-0.39, 0.29) is 12.5 Å². The number of rotatable bonds is 5. The zero-order valence-corrected chi connectivity index (χ0v) is 10.3. The Bertz CT molecular complexity index is 456. The van der Waals surface area contributed by atoms with E-state index in [4.69, 9.17) is 9.84 Å². The zero-order chi connectivity index (χ0) is 13.0. The Morgan fingerprint density at radius 3 is 2.94 bits per heavy atom. The molecule has 1 N–H and O–H groups in total. The summed E-state index contributed by atoms with van der Waals surface area (Å²) in [6.45, 7) is 5.52. The van der Waals surface area contributed by atoms with Crippen LogP contribution < -0.4 is 0 Å². The number of aliphatic hydroxyl groups is 1. The topological polar surface area (TPSA) is 49.8 Å². The van der Waals surface area contributed by atoms with Crippen molar-refractivity contribution < 1.29 is 14.6 Å². The number of carbonyl (C=O) groups is 1. The Balaban J connectivity index is 2.18. The summed E-state index contributed by atoms with van der Waals surface area (Å²) < 4.78 is 5.32. The summed E-state index contributed by atoms with van der Waals surface area (Å²) in [6, 6.07) is 5.61. The van der Waals surface area contributed by atoms with Crippen molar-refractivity contribution >= 4 is 5.91 Å². The first-order valence-electron chi connectivity index (χ1n) is 5.97. The van der Waals surface area contributed by atoms with Gasteiger partial charge in [0.2, 0.25) is 0 Å². The highest BCUT2D eigenvalue weighted by Gasteiger charge is 2.17. The third-order valence-electron chi connectivity index (χ3n) is 2.97. The minimum Gasteiger partial charge on any atom is -0.395 e. The van der Waals surface area contributed by atoms with Gasteiger partial charge in [0.15, 0.2) is 0 Å². The summed E-state index contributed by atoms with van der Waals surface area (Å²) in [5, 5.41) is 8.97. The predicted octanol–water partition coefficient (Wildman–Crippen LogP) is 1.34. The molecule has 0 aliphatic carbocycles. The molecule has 1 aromatic rings. The maximum Gasteiger partial charge on any atom is 0.254 e. The molecule has 96 valence electrons. The molecule has 0 unspecified atom stereocenters. The van der Waals surface area contributed by atoms with E-state index in [1.165, 1.54) is 0 Å². The van der Waals surface area contributed by atoms with Crippen LogP contribution in [-0.2, 0) is 18.0 Å². The standard InChI is InChI=1S/C14H17NO3/c1-2-5-15(6-7-16)14(17)11-3-4-12-9-18-10-13(12)8-11/h2-4,8,16H,1,5-7,9-10H2. The maximum atomic E-state index is 12.3. The normalized spacial score (nSPS) is 13.2. The van der Waals surface area contributed by atoms with Gasteiger partial charge in [-0.1, -0.05) is 12.1 Å². The smallest absolute Gasteiger partial charge is 0.254 e. The van der Waals surface area contributed by atoms with E-state index in [9.17, 15) is 4.79 Å². The minimum atomic E-state index is -0.0846. The quantitative estimate of drug-likeness (QED) is 0.799. The number of nitrogens with zero attached hydrogens (tertiary/aromatic N) is 1. The fraction of sp³-hybridized carbons (Fsp3) is 0.357. The molecular weight excluding hydrogens is 230 g/mol. The molecule has 0 saturated heterocycles. The highest BCUT2D eigenvalue weighted by atomic mass is 16.5. The van der Waals surface area contributed by atoms with Gasteiger partial charge in [-0.05, 0) is 23.3 Å². The van der Waals surface area contributed by atoms with Gasteiger partial charge >= 0.3 is 0 Å². The van der Waals surface area contributed by atoms with Crippen molar-refractivity contribution in [2.75, 3.05) is 19.7 Å². The highest BCUT2D eigenvalue weighted by Crippen LogP contribution is 2.21. The molecule has 18 heavy (non-hydrogen) atoms. The van der Waals surface area contributed by atoms with Gasteiger partial charge in [0.25, 0.3) is 5.91 Å². The Kier molecular flexibility index (Phi) is 4.12. The molecule has 0 atom stereocenters. The lowest BCUT2D eigenvalue weighted by molar-refractivity contribution is 0.0742. The predicted molar refractivity (Wildman–Crippen MR) is 68.1 cm³/mol. The van der Waals surface area contributed by atoms with Gasteiger partial charge in [-0.2, -0.15) is 0 Å². The molecule has 0 bridgehead atoms. The second-order valence-corrected chi connectivity index (χ2v) is 4.24. The number of fused-ring (bicyclic) bond motifs is 1. The molecule has 0 radical (unpaired) electrons. The van der Waals surface area contributed by atoms with Gasteiger partial charge in [-0.25, -0.2) is 0 Å². The van der Waals surface area contributed by atoms with Crippen molar-refractivity contribution in [3.8, 4) is 0 Å². The number of hydrogen-bond acceptors (Lipinski definition) is 3.